The van der Waals surface area contributed by atoms with Crippen LogP contribution in [-0.2, 0) is 4.79 Å². The standard InChI is InChI=1S/C24H22BrN3O3/c1-3-15(2)16-4-7-20(8-5-16)30-14-23(29)27-19-6-9-22-21(11-19)28-24(31-22)17-10-18(25)13-26-12-17/h4-13,15H,3,14H2,1-2H3,(H,27,29). The van der Waals surface area contributed by atoms with Crippen molar-refractivity contribution in [3.8, 4) is 17.2 Å². The molecular formula is C24H22BrN3O3. The maximum atomic E-state index is 12.3. The number of carbonyl (C=O) groups excluding carboxylic acids is 1. The lowest BCUT2D eigenvalue weighted by Crippen LogP contribution is -2.20. The molecule has 4 aromatic rings. The molecule has 0 bridgehead atoms. The van der Waals surface area contributed by atoms with Gasteiger partial charge in [0.1, 0.15) is 11.3 Å². The molecule has 1 N–H and O–H groups in total. The van der Waals surface area contributed by atoms with Crippen molar-refractivity contribution in [2.24, 2.45) is 0 Å². The Bertz CT molecular complexity index is 1200. The normalized spacial score (nSPS) is 12.0. The van der Waals surface area contributed by atoms with Gasteiger partial charge in [-0.25, -0.2) is 4.98 Å². The molecule has 0 aliphatic carbocycles. The molecule has 0 aliphatic heterocycles. The molecule has 2 aromatic heterocycles. The van der Waals surface area contributed by atoms with Crippen LogP contribution in [0.3, 0.4) is 0 Å². The van der Waals surface area contributed by atoms with Gasteiger partial charge in [0.2, 0.25) is 5.89 Å². The van der Waals surface area contributed by atoms with Crippen LogP contribution < -0.4 is 10.1 Å². The number of carbonyl (C=O) groups is 1. The Balaban J connectivity index is 1.39. The molecule has 4 rings (SSSR count). The second-order valence-electron chi connectivity index (χ2n) is 7.31. The summed E-state index contributed by atoms with van der Waals surface area (Å²) in [6.07, 6.45) is 4.46. The van der Waals surface area contributed by atoms with Crippen LogP contribution in [0, 0.1) is 0 Å². The third kappa shape index (κ3) is 5.11. The van der Waals surface area contributed by atoms with Gasteiger partial charge in [-0.15, -0.1) is 0 Å². The molecule has 2 aromatic carbocycles. The first-order valence-corrected chi connectivity index (χ1v) is 10.8. The number of oxazole rings is 1. The van der Waals surface area contributed by atoms with Crippen molar-refractivity contribution in [3.05, 3.63) is 71.0 Å². The number of rotatable bonds is 7. The van der Waals surface area contributed by atoms with Crippen LogP contribution in [0.15, 0.2) is 69.8 Å². The number of hydrogen-bond acceptors (Lipinski definition) is 5. The number of nitrogens with one attached hydrogen (secondary N) is 1. The largest absolute Gasteiger partial charge is 0.484 e. The number of amides is 1. The van der Waals surface area contributed by atoms with Gasteiger partial charge in [0.15, 0.2) is 12.2 Å². The van der Waals surface area contributed by atoms with Gasteiger partial charge in [0.25, 0.3) is 5.91 Å². The van der Waals surface area contributed by atoms with E-state index in [9.17, 15) is 4.79 Å². The molecule has 0 aliphatic rings. The minimum Gasteiger partial charge on any atom is -0.484 e. The summed E-state index contributed by atoms with van der Waals surface area (Å²) >= 11 is 3.40. The van der Waals surface area contributed by atoms with Crippen LogP contribution in [0.1, 0.15) is 31.7 Å². The smallest absolute Gasteiger partial charge is 0.262 e. The molecule has 1 unspecified atom stereocenters. The average molecular weight is 480 g/mol. The lowest BCUT2D eigenvalue weighted by Gasteiger charge is -2.11. The first-order valence-electron chi connectivity index (χ1n) is 10.1. The first-order chi connectivity index (χ1) is 15.0. The summed E-state index contributed by atoms with van der Waals surface area (Å²) in [4.78, 5) is 21.0. The van der Waals surface area contributed by atoms with Crippen molar-refractivity contribution >= 4 is 38.6 Å². The third-order valence-corrected chi connectivity index (χ3v) is 5.49. The quantitative estimate of drug-likeness (QED) is 0.342. The summed E-state index contributed by atoms with van der Waals surface area (Å²) in [5.74, 6) is 1.40. The fourth-order valence-electron chi connectivity index (χ4n) is 3.13. The van der Waals surface area contributed by atoms with Gasteiger partial charge in [-0.2, -0.15) is 0 Å². The summed E-state index contributed by atoms with van der Waals surface area (Å²) in [6, 6.07) is 15.1. The SMILES string of the molecule is CCC(C)c1ccc(OCC(=O)Nc2ccc3oc(-c4cncc(Br)c4)nc3c2)cc1. The fourth-order valence-corrected chi connectivity index (χ4v) is 3.50. The summed E-state index contributed by atoms with van der Waals surface area (Å²) in [5, 5.41) is 2.84. The van der Waals surface area contributed by atoms with Crippen molar-refractivity contribution in [1.29, 1.82) is 0 Å². The topological polar surface area (TPSA) is 77.2 Å². The van der Waals surface area contributed by atoms with E-state index < -0.39 is 0 Å². The van der Waals surface area contributed by atoms with E-state index in [1.54, 1.807) is 30.6 Å². The second kappa shape index (κ2) is 9.31. The number of pyridine rings is 1. The minimum atomic E-state index is -0.245. The number of fused-ring (bicyclic) bond motifs is 1. The zero-order valence-corrected chi connectivity index (χ0v) is 18.8. The van der Waals surface area contributed by atoms with Crippen LogP contribution in [0.5, 0.6) is 5.75 Å². The Morgan fingerprint density at radius 2 is 1.97 bits per heavy atom. The van der Waals surface area contributed by atoms with Gasteiger partial charge in [-0.1, -0.05) is 26.0 Å². The zero-order valence-electron chi connectivity index (χ0n) is 17.3. The van der Waals surface area contributed by atoms with Gasteiger partial charge < -0.3 is 14.5 Å². The highest BCUT2D eigenvalue weighted by Gasteiger charge is 2.11. The molecule has 1 amide bonds. The van der Waals surface area contributed by atoms with Gasteiger partial charge in [-0.3, -0.25) is 9.78 Å². The van der Waals surface area contributed by atoms with E-state index >= 15 is 0 Å². The van der Waals surface area contributed by atoms with Crippen LogP contribution in [0.2, 0.25) is 0 Å². The highest BCUT2D eigenvalue weighted by atomic mass is 79.9. The van der Waals surface area contributed by atoms with Crippen molar-refractivity contribution < 1.29 is 13.9 Å². The van der Waals surface area contributed by atoms with Gasteiger partial charge in [-0.05, 0) is 70.2 Å². The van der Waals surface area contributed by atoms with E-state index in [-0.39, 0.29) is 12.5 Å². The molecule has 0 spiro atoms. The van der Waals surface area contributed by atoms with Crippen LogP contribution in [0.4, 0.5) is 5.69 Å². The van der Waals surface area contributed by atoms with Gasteiger partial charge >= 0.3 is 0 Å². The van der Waals surface area contributed by atoms with Crippen LogP contribution in [-0.4, -0.2) is 22.5 Å². The molecule has 0 radical (unpaired) electrons. The molecule has 7 heteroatoms. The predicted molar refractivity (Wildman–Crippen MR) is 124 cm³/mol. The molecule has 0 fully saturated rings. The average Bonchev–Trinajstić information content (AvgIpc) is 3.21. The third-order valence-electron chi connectivity index (χ3n) is 5.05. The number of hydrogen-bond donors (Lipinski definition) is 1. The number of anilines is 1. The maximum absolute atomic E-state index is 12.3. The van der Waals surface area contributed by atoms with E-state index in [1.165, 1.54) is 5.56 Å². The molecule has 6 nitrogen and oxygen atoms in total. The highest BCUT2D eigenvalue weighted by Crippen LogP contribution is 2.27. The lowest BCUT2D eigenvalue weighted by molar-refractivity contribution is -0.118. The second-order valence-corrected chi connectivity index (χ2v) is 8.22. The molecule has 1 atom stereocenters. The Kier molecular flexibility index (Phi) is 6.32. The Hall–Kier alpha value is -3.19. The monoisotopic (exact) mass is 479 g/mol. The Morgan fingerprint density at radius 1 is 1.16 bits per heavy atom. The Morgan fingerprint density at radius 3 is 2.71 bits per heavy atom. The molecule has 0 saturated carbocycles. The molecule has 31 heavy (non-hydrogen) atoms. The number of ether oxygens (including phenoxy) is 1. The number of halogens is 1. The van der Waals surface area contributed by atoms with Crippen LogP contribution >= 0.6 is 15.9 Å². The Labute approximate surface area is 188 Å². The first kappa shape index (κ1) is 21.1. The van der Waals surface area contributed by atoms with Crippen molar-refractivity contribution in [2.75, 3.05) is 11.9 Å². The van der Waals surface area contributed by atoms with E-state index in [0.717, 1.165) is 16.5 Å². The van der Waals surface area contributed by atoms with Crippen molar-refractivity contribution in [2.45, 2.75) is 26.2 Å². The number of benzene rings is 2. The minimum absolute atomic E-state index is 0.0749. The summed E-state index contributed by atoms with van der Waals surface area (Å²) < 4.78 is 12.3. The maximum Gasteiger partial charge on any atom is 0.262 e. The van der Waals surface area contributed by atoms with Crippen molar-refractivity contribution in [3.63, 3.8) is 0 Å². The van der Waals surface area contributed by atoms with E-state index in [1.807, 2.05) is 30.3 Å². The molecule has 0 saturated heterocycles. The highest BCUT2D eigenvalue weighted by molar-refractivity contribution is 9.10. The fraction of sp³-hybridized carbons (Fsp3) is 0.208. The molecular weight excluding hydrogens is 458 g/mol. The number of nitrogens with zero attached hydrogens (tertiary/aromatic N) is 2. The van der Waals surface area contributed by atoms with Crippen LogP contribution in [0.25, 0.3) is 22.6 Å². The van der Waals surface area contributed by atoms with Crippen molar-refractivity contribution in [1.82, 2.24) is 9.97 Å². The van der Waals surface area contributed by atoms with E-state index in [4.69, 9.17) is 9.15 Å². The number of aromatic nitrogens is 2. The molecule has 2 heterocycles. The van der Waals surface area contributed by atoms with E-state index in [2.05, 4.69) is 45.1 Å². The van der Waals surface area contributed by atoms with E-state index in [0.29, 0.717) is 34.3 Å². The predicted octanol–water partition coefficient (Wildman–Crippen LogP) is 6.18. The molecule has 158 valence electrons. The summed E-state index contributed by atoms with van der Waals surface area (Å²) in [5.41, 5.74) is 3.93. The summed E-state index contributed by atoms with van der Waals surface area (Å²) in [7, 11) is 0. The summed E-state index contributed by atoms with van der Waals surface area (Å²) in [6.45, 7) is 4.27. The van der Waals surface area contributed by atoms with Gasteiger partial charge in [0, 0.05) is 22.6 Å². The lowest BCUT2D eigenvalue weighted by atomic mass is 9.99. The zero-order chi connectivity index (χ0) is 21.8. The van der Waals surface area contributed by atoms with Gasteiger partial charge in [0.05, 0.1) is 5.56 Å².